The number of thioether (sulfide) groups is 1. The fourth-order valence-electron chi connectivity index (χ4n) is 2.64. The second-order valence-corrected chi connectivity index (χ2v) is 6.91. The molecule has 0 spiro atoms. The minimum atomic E-state index is -4.42. The van der Waals surface area contributed by atoms with Gasteiger partial charge in [-0.1, -0.05) is 30.3 Å². The van der Waals surface area contributed by atoms with Gasteiger partial charge in [0, 0.05) is 29.0 Å². The summed E-state index contributed by atoms with van der Waals surface area (Å²) in [6.45, 7) is 0. The Kier molecular flexibility index (Phi) is 5.13. The van der Waals surface area contributed by atoms with Gasteiger partial charge in [-0.05, 0) is 41.4 Å². The number of nitro benzene ring substituents is 1. The summed E-state index contributed by atoms with van der Waals surface area (Å²) in [5.41, 5.74) is -2.75. The van der Waals surface area contributed by atoms with Crippen LogP contribution in [0.1, 0.15) is 16.4 Å². The lowest BCUT2D eigenvalue weighted by atomic mass is 10.0. The third-order valence-electron chi connectivity index (χ3n) is 3.82. The fraction of sp³-hybridized carbons (Fsp3) is 0.167. The Bertz CT molecular complexity index is 930. The van der Waals surface area contributed by atoms with Gasteiger partial charge in [-0.25, -0.2) is 0 Å². The molecule has 0 saturated carbocycles. The van der Waals surface area contributed by atoms with Crippen LogP contribution in [0, 0.1) is 10.1 Å². The quantitative estimate of drug-likeness (QED) is 0.423. The van der Waals surface area contributed by atoms with Gasteiger partial charge in [0.15, 0.2) is 0 Å². The van der Waals surface area contributed by atoms with Crippen LogP contribution in [0.5, 0.6) is 0 Å². The number of para-hydroxylation sites is 1. The highest BCUT2D eigenvalue weighted by Crippen LogP contribution is 2.44. The summed E-state index contributed by atoms with van der Waals surface area (Å²) in [5.74, 6) is 0. The first-order valence-corrected chi connectivity index (χ1v) is 8.52. The number of rotatable bonds is 5. The van der Waals surface area contributed by atoms with Gasteiger partial charge in [-0.2, -0.15) is 13.2 Å². The summed E-state index contributed by atoms with van der Waals surface area (Å²) in [5, 5.41) is 10.7. The topological polar surface area (TPSA) is 56.0 Å². The van der Waals surface area contributed by atoms with Crippen molar-refractivity contribution in [1.29, 1.82) is 0 Å². The Hall–Kier alpha value is -2.61. The number of fused-ring (bicyclic) bond motifs is 1. The summed E-state index contributed by atoms with van der Waals surface area (Å²) in [4.78, 5) is 14.4. The smallest absolute Gasteiger partial charge is 0.258 e. The number of halogens is 3. The lowest BCUT2D eigenvalue weighted by Crippen LogP contribution is -2.09. The van der Waals surface area contributed by atoms with E-state index in [-0.39, 0.29) is 23.9 Å². The highest BCUT2D eigenvalue weighted by molar-refractivity contribution is 8.00. The van der Waals surface area contributed by atoms with Crippen LogP contribution in [0.2, 0.25) is 0 Å². The summed E-state index contributed by atoms with van der Waals surface area (Å²) in [7, 11) is 0. The third kappa shape index (κ3) is 4.51. The van der Waals surface area contributed by atoms with Gasteiger partial charge in [0.1, 0.15) is 0 Å². The molecule has 3 aromatic rings. The normalized spacial score (nSPS) is 12.9. The molecule has 4 nitrogen and oxygen atoms in total. The summed E-state index contributed by atoms with van der Waals surface area (Å²) in [6, 6.07) is 14.4. The second kappa shape index (κ2) is 7.33. The van der Waals surface area contributed by atoms with E-state index >= 15 is 0 Å². The zero-order chi connectivity index (χ0) is 18.7. The van der Waals surface area contributed by atoms with E-state index in [2.05, 4.69) is 4.98 Å². The van der Waals surface area contributed by atoms with Crippen LogP contribution in [0.4, 0.5) is 18.9 Å². The third-order valence-corrected chi connectivity index (χ3v) is 4.81. The average molecular weight is 378 g/mol. The van der Waals surface area contributed by atoms with E-state index in [1.165, 1.54) is 24.3 Å². The molecule has 1 heterocycles. The van der Waals surface area contributed by atoms with Gasteiger partial charge >= 0.3 is 5.51 Å². The number of hydrogen-bond donors (Lipinski definition) is 0. The number of nitrogens with zero attached hydrogens (tertiary/aromatic N) is 2. The molecular weight excluding hydrogens is 365 g/mol. The number of hydrogen-bond acceptors (Lipinski definition) is 4. The first kappa shape index (κ1) is 18.2. The van der Waals surface area contributed by atoms with Crippen LogP contribution in [-0.2, 0) is 6.42 Å². The predicted octanol–water partition coefficient (Wildman–Crippen LogP) is 5.68. The molecule has 0 amide bonds. The molecule has 8 heteroatoms. The molecule has 0 aliphatic rings. The van der Waals surface area contributed by atoms with Crippen LogP contribution < -0.4 is 0 Å². The molecule has 1 unspecified atom stereocenters. The molecule has 0 radical (unpaired) electrons. The summed E-state index contributed by atoms with van der Waals surface area (Å²) in [6.07, 6.45) is 1.68. The molecule has 1 atom stereocenters. The first-order chi connectivity index (χ1) is 12.3. The van der Waals surface area contributed by atoms with Crippen molar-refractivity contribution in [1.82, 2.24) is 4.98 Å². The average Bonchev–Trinajstić information content (AvgIpc) is 2.60. The molecule has 0 N–H and O–H groups in total. The molecule has 0 bridgehead atoms. The van der Waals surface area contributed by atoms with Crippen LogP contribution in [0.3, 0.4) is 0 Å². The van der Waals surface area contributed by atoms with Crippen LogP contribution in [0.15, 0.2) is 60.8 Å². The fourth-order valence-corrected chi connectivity index (χ4v) is 3.53. The molecule has 0 saturated heterocycles. The zero-order valence-electron chi connectivity index (χ0n) is 13.3. The van der Waals surface area contributed by atoms with Gasteiger partial charge in [-0.15, -0.1) is 0 Å². The van der Waals surface area contributed by atoms with Crippen molar-refractivity contribution < 1.29 is 18.1 Å². The second-order valence-electron chi connectivity index (χ2n) is 5.64. The van der Waals surface area contributed by atoms with Gasteiger partial charge in [0.2, 0.25) is 0 Å². The van der Waals surface area contributed by atoms with Crippen molar-refractivity contribution in [3.63, 3.8) is 0 Å². The van der Waals surface area contributed by atoms with Gasteiger partial charge in [0.05, 0.1) is 10.4 Å². The molecule has 3 rings (SSSR count). The number of aromatic nitrogens is 1. The highest BCUT2D eigenvalue weighted by atomic mass is 32.2. The maximum atomic E-state index is 13.0. The molecular formula is C18H13F3N2O2S. The van der Waals surface area contributed by atoms with Crippen LogP contribution in [-0.4, -0.2) is 15.4 Å². The largest absolute Gasteiger partial charge is 0.442 e. The predicted molar refractivity (Wildman–Crippen MR) is 94.9 cm³/mol. The summed E-state index contributed by atoms with van der Waals surface area (Å²) >= 11 is -0.128. The standard InChI is InChI=1S/C18H13F3N2O2S/c19-18(20,21)26-17(13-5-7-15(8-6-13)23(24)25)10-12-9-14-3-1-2-4-16(14)22-11-12/h1-9,11,17H,10H2. The monoisotopic (exact) mass is 378 g/mol. The molecule has 0 aliphatic carbocycles. The zero-order valence-corrected chi connectivity index (χ0v) is 14.1. The Labute approximate surface area is 151 Å². The number of non-ortho nitro benzene ring substituents is 1. The molecule has 0 aliphatic heterocycles. The van der Waals surface area contributed by atoms with Crippen molar-refractivity contribution in [2.75, 3.05) is 0 Å². The maximum absolute atomic E-state index is 13.0. The lowest BCUT2D eigenvalue weighted by molar-refractivity contribution is -0.384. The molecule has 0 fully saturated rings. The van der Waals surface area contributed by atoms with Crippen molar-refractivity contribution in [2.45, 2.75) is 17.2 Å². The first-order valence-electron chi connectivity index (χ1n) is 7.64. The number of pyridine rings is 1. The minimum absolute atomic E-state index is 0.111. The molecule has 134 valence electrons. The Morgan fingerprint density at radius 2 is 1.81 bits per heavy atom. The van der Waals surface area contributed by atoms with E-state index in [1.807, 2.05) is 30.3 Å². The Balaban J connectivity index is 1.90. The van der Waals surface area contributed by atoms with Gasteiger partial charge in [0.25, 0.3) is 5.69 Å². The van der Waals surface area contributed by atoms with Crippen molar-refractivity contribution in [3.8, 4) is 0 Å². The van der Waals surface area contributed by atoms with E-state index in [0.717, 1.165) is 10.9 Å². The SMILES string of the molecule is O=[N+]([O-])c1ccc(C(Cc2cnc3ccccc3c2)SC(F)(F)F)cc1. The maximum Gasteiger partial charge on any atom is 0.442 e. The van der Waals surface area contributed by atoms with E-state index in [9.17, 15) is 23.3 Å². The van der Waals surface area contributed by atoms with E-state index in [1.54, 1.807) is 6.20 Å². The highest BCUT2D eigenvalue weighted by Gasteiger charge is 2.34. The molecule has 1 aromatic heterocycles. The number of alkyl halides is 3. The minimum Gasteiger partial charge on any atom is -0.258 e. The van der Waals surface area contributed by atoms with E-state index in [4.69, 9.17) is 0 Å². The lowest BCUT2D eigenvalue weighted by Gasteiger charge is -2.18. The van der Waals surface area contributed by atoms with Crippen molar-refractivity contribution in [2.24, 2.45) is 0 Å². The van der Waals surface area contributed by atoms with Gasteiger partial charge in [-0.3, -0.25) is 15.1 Å². The Morgan fingerprint density at radius 1 is 1.12 bits per heavy atom. The molecule has 26 heavy (non-hydrogen) atoms. The van der Waals surface area contributed by atoms with Crippen LogP contribution in [0.25, 0.3) is 10.9 Å². The number of benzene rings is 2. The van der Waals surface area contributed by atoms with Crippen molar-refractivity contribution >= 4 is 28.4 Å². The van der Waals surface area contributed by atoms with E-state index in [0.29, 0.717) is 11.1 Å². The van der Waals surface area contributed by atoms with Crippen molar-refractivity contribution in [3.05, 3.63) is 82.0 Å². The summed E-state index contributed by atoms with van der Waals surface area (Å²) < 4.78 is 39.0. The van der Waals surface area contributed by atoms with E-state index < -0.39 is 15.7 Å². The molecule has 2 aromatic carbocycles. The van der Waals surface area contributed by atoms with Crippen LogP contribution >= 0.6 is 11.8 Å². The number of nitro groups is 1. The Morgan fingerprint density at radius 3 is 2.46 bits per heavy atom. The van der Waals surface area contributed by atoms with Gasteiger partial charge < -0.3 is 0 Å².